The van der Waals surface area contributed by atoms with Crippen LogP contribution >= 0.6 is 0 Å². The Morgan fingerprint density at radius 3 is 2.14 bits per heavy atom. The van der Waals surface area contributed by atoms with Crippen molar-refractivity contribution in [2.75, 3.05) is 5.73 Å². The van der Waals surface area contributed by atoms with Crippen LogP contribution in [0.5, 0.6) is 5.75 Å². The van der Waals surface area contributed by atoms with Crippen LogP contribution in [0.15, 0.2) is 36.4 Å². The van der Waals surface area contributed by atoms with E-state index in [1.807, 2.05) is 30.3 Å². The second kappa shape index (κ2) is 4.48. The number of nitrogen functional groups attached to an aromatic ring is 1. The highest BCUT2D eigenvalue weighted by molar-refractivity contribution is 5.74. The predicted octanol–water partition coefficient (Wildman–Crippen LogP) is 3.01. The van der Waals surface area contributed by atoms with E-state index in [1.165, 1.54) is 4.80 Å². The van der Waals surface area contributed by atoms with Gasteiger partial charge in [0.15, 0.2) is 5.75 Å². The molecule has 0 aliphatic rings. The summed E-state index contributed by atoms with van der Waals surface area (Å²) >= 11 is 0. The van der Waals surface area contributed by atoms with Crippen LogP contribution in [0.25, 0.3) is 16.7 Å². The summed E-state index contributed by atoms with van der Waals surface area (Å²) in [6.45, 7) is 6.28. The SMILES string of the molecule is CC(C)(C)c1cc(N)c(O)c(-n2nc3ccccc3n2)c1. The first-order valence-electron chi connectivity index (χ1n) is 6.82. The maximum atomic E-state index is 10.2. The monoisotopic (exact) mass is 282 g/mol. The van der Waals surface area contributed by atoms with Crippen LogP contribution in [0, 0.1) is 0 Å². The van der Waals surface area contributed by atoms with E-state index in [2.05, 4.69) is 31.0 Å². The molecule has 5 nitrogen and oxygen atoms in total. The summed E-state index contributed by atoms with van der Waals surface area (Å²) in [6.07, 6.45) is 0. The first-order valence-corrected chi connectivity index (χ1v) is 6.82. The van der Waals surface area contributed by atoms with Crippen LogP contribution < -0.4 is 5.73 Å². The number of phenols is 1. The van der Waals surface area contributed by atoms with E-state index >= 15 is 0 Å². The fourth-order valence-corrected chi connectivity index (χ4v) is 2.19. The van der Waals surface area contributed by atoms with Crippen molar-refractivity contribution in [3.8, 4) is 11.4 Å². The van der Waals surface area contributed by atoms with Gasteiger partial charge in [-0.2, -0.15) is 0 Å². The van der Waals surface area contributed by atoms with Crippen molar-refractivity contribution in [2.24, 2.45) is 0 Å². The fraction of sp³-hybridized carbons (Fsp3) is 0.250. The summed E-state index contributed by atoms with van der Waals surface area (Å²) < 4.78 is 0. The van der Waals surface area contributed by atoms with Gasteiger partial charge in [-0.1, -0.05) is 32.9 Å². The van der Waals surface area contributed by atoms with Gasteiger partial charge in [-0.15, -0.1) is 15.0 Å². The number of rotatable bonds is 1. The molecule has 0 saturated carbocycles. The molecule has 0 fully saturated rings. The van der Waals surface area contributed by atoms with Gasteiger partial charge in [0.05, 0.1) is 5.69 Å². The van der Waals surface area contributed by atoms with Crippen LogP contribution in [0.4, 0.5) is 5.69 Å². The Morgan fingerprint density at radius 2 is 1.62 bits per heavy atom. The predicted molar refractivity (Wildman–Crippen MR) is 83.6 cm³/mol. The molecule has 0 aliphatic carbocycles. The zero-order chi connectivity index (χ0) is 15.2. The molecule has 108 valence electrons. The normalized spacial score (nSPS) is 12.0. The largest absolute Gasteiger partial charge is 0.504 e. The van der Waals surface area contributed by atoms with Gasteiger partial charge in [0.25, 0.3) is 0 Å². The number of nitrogens with zero attached hydrogens (tertiary/aromatic N) is 3. The zero-order valence-electron chi connectivity index (χ0n) is 12.3. The van der Waals surface area contributed by atoms with Gasteiger partial charge >= 0.3 is 0 Å². The second-order valence-corrected chi connectivity index (χ2v) is 6.16. The molecule has 21 heavy (non-hydrogen) atoms. The Balaban J connectivity index is 2.23. The van der Waals surface area contributed by atoms with Gasteiger partial charge in [0.2, 0.25) is 0 Å². The fourth-order valence-electron chi connectivity index (χ4n) is 2.19. The average molecular weight is 282 g/mol. The van der Waals surface area contributed by atoms with Gasteiger partial charge in [0.1, 0.15) is 16.7 Å². The lowest BCUT2D eigenvalue weighted by molar-refractivity contribution is 0.469. The van der Waals surface area contributed by atoms with Crippen LogP contribution in [0.1, 0.15) is 26.3 Å². The maximum Gasteiger partial charge on any atom is 0.166 e. The lowest BCUT2D eigenvalue weighted by Crippen LogP contribution is -2.13. The molecule has 5 heteroatoms. The van der Waals surface area contributed by atoms with Gasteiger partial charge in [0, 0.05) is 0 Å². The number of fused-ring (bicyclic) bond motifs is 1. The summed E-state index contributed by atoms with van der Waals surface area (Å²) in [5, 5.41) is 19.0. The van der Waals surface area contributed by atoms with E-state index in [-0.39, 0.29) is 11.2 Å². The molecular weight excluding hydrogens is 264 g/mol. The highest BCUT2D eigenvalue weighted by Crippen LogP contribution is 2.34. The summed E-state index contributed by atoms with van der Waals surface area (Å²) in [6, 6.07) is 11.2. The number of phenolic OH excluding ortho intramolecular Hbond substituents is 1. The Kier molecular flexibility index (Phi) is 2.86. The minimum atomic E-state index is -0.0802. The lowest BCUT2D eigenvalue weighted by atomic mass is 9.86. The number of anilines is 1. The molecule has 3 rings (SSSR count). The summed E-state index contributed by atoms with van der Waals surface area (Å²) in [7, 11) is 0. The van der Waals surface area contributed by atoms with E-state index in [1.54, 1.807) is 6.07 Å². The highest BCUT2D eigenvalue weighted by atomic mass is 16.3. The van der Waals surface area contributed by atoms with E-state index < -0.39 is 0 Å². The molecule has 0 amide bonds. The quantitative estimate of drug-likeness (QED) is 0.531. The van der Waals surface area contributed by atoms with Gasteiger partial charge < -0.3 is 10.8 Å². The zero-order valence-corrected chi connectivity index (χ0v) is 12.3. The molecule has 0 unspecified atom stereocenters. The maximum absolute atomic E-state index is 10.2. The number of benzene rings is 2. The Hall–Kier alpha value is -2.56. The Bertz CT molecular complexity index is 782. The third kappa shape index (κ3) is 2.31. The molecule has 0 aliphatic heterocycles. The molecule has 0 atom stereocenters. The van der Waals surface area contributed by atoms with Crippen molar-refractivity contribution < 1.29 is 5.11 Å². The Labute approximate surface area is 123 Å². The van der Waals surface area contributed by atoms with Crippen LogP contribution in [-0.2, 0) is 5.41 Å². The Morgan fingerprint density at radius 1 is 1.05 bits per heavy atom. The van der Waals surface area contributed by atoms with Crippen molar-refractivity contribution in [1.82, 2.24) is 15.0 Å². The van der Waals surface area contributed by atoms with Crippen molar-refractivity contribution >= 4 is 16.7 Å². The number of aromatic nitrogens is 3. The van der Waals surface area contributed by atoms with Crippen LogP contribution in [-0.4, -0.2) is 20.1 Å². The van der Waals surface area contributed by atoms with E-state index in [4.69, 9.17) is 5.73 Å². The van der Waals surface area contributed by atoms with Gasteiger partial charge in [-0.05, 0) is 35.2 Å². The topological polar surface area (TPSA) is 77.0 Å². The van der Waals surface area contributed by atoms with Crippen LogP contribution in [0.3, 0.4) is 0 Å². The average Bonchev–Trinajstić information content (AvgIpc) is 2.84. The number of nitrogens with two attached hydrogens (primary N) is 1. The van der Waals surface area contributed by atoms with E-state index in [9.17, 15) is 5.11 Å². The highest BCUT2D eigenvalue weighted by Gasteiger charge is 2.19. The van der Waals surface area contributed by atoms with Crippen molar-refractivity contribution in [2.45, 2.75) is 26.2 Å². The standard InChI is InChI=1S/C16H18N4O/c1-16(2,3)10-8-11(17)15(21)14(9-10)20-18-12-6-4-5-7-13(12)19-20/h4-9,21H,17H2,1-3H3. The van der Waals surface area contributed by atoms with Gasteiger partial charge in [-0.3, -0.25) is 0 Å². The molecular formula is C16H18N4O. The molecule has 3 N–H and O–H groups in total. The molecule has 0 radical (unpaired) electrons. The minimum Gasteiger partial charge on any atom is -0.504 e. The van der Waals surface area contributed by atoms with Crippen molar-refractivity contribution in [3.63, 3.8) is 0 Å². The molecule has 1 aromatic heterocycles. The molecule has 0 bridgehead atoms. The summed E-state index contributed by atoms with van der Waals surface area (Å²) in [5.41, 5.74) is 9.25. The molecule has 3 aromatic rings. The molecule has 2 aromatic carbocycles. The van der Waals surface area contributed by atoms with Gasteiger partial charge in [-0.25, -0.2) is 0 Å². The molecule has 1 heterocycles. The first-order chi connectivity index (χ1) is 9.86. The van der Waals surface area contributed by atoms with Crippen LogP contribution in [0.2, 0.25) is 0 Å². The lowest BCUT2D eigenvalue weighted by Gasteiger charge is -2.21. The number of aromatic hydroxyl groups is 1. The summed E-state index contributed by atoms with van der Waals surface area (Å²) in [4.78, 5) is 1.44. The number of hydrogen-bond donors (Lipinski definition) is 2. The smallest absolute Gasteiger partial charge is 0.166 e. The van der Waals surface area contributed by atoms with Crippen molar-refractivity contribution in [1.29, 1.82) is 0 Å². The second-order valence-electron chi connectivity index (χ2n) is 6.16. The minimum absolute atomic E-state index is 0.00306. The third-order valence-electron chi connectivity index (χ3n) is 3.49. The van der Waals surface area contributed by atoms with E-state index in [0.29, 0.717) is 11.4 Å². The van der Waals surface area contributed by atoms with E-state index in [0.717, 1.165) is 16.6 Å². The first kappa shape index (κ1) is 13.4. The molecule has 0 saturated heterocycles. The van der Waals surface area contributed by atoms with Crippen molar-refractivity contribution in [3.05, 3.63) is 42.0 Å². The molecule has 0 spiro atoms. The summed E-state index contributed by atoms with van der Waals surface area (Å²) in [5.74, 6) is 0.00306. The number of hydrogen-bond acceptors (Lipinski definition) is 4. The third-order valence-corrected chi connectivity index (χ3v) is 3.49.